The molecule has 0 rings (SSSR count). The molecule has 0 saturated carbocycles. The third-order valence-corrected chi connectivity index (χ3v) is 6.56. The summed E-state index contributed by atoms with van der Waals surface area (Å²) in [6.07, 6.45) is 27.1. The molecule has 31 heavy (non-hydrogen) atoms. The number of rotatable bonds is 25. The highest BCUT2D eigenvalue weighted by molar-refractivity contribution is 5.98. The van der Waals surface area contributed by atoms with E-state index in [1.165, 1.54) is 109 Å². The summed E-state index contributed by atoms with van der Waals surface area (Å²) in [5.74, 6) is -1.72. The van der Waals surface area contributed by atoms with E-state index in [1.54, 1.807) is 0 Å². The van der Waals surface area contributed by atoms with Gasteiger partial charge in [0.25, 0.3) is 0 Å². The second-order valence-electron chi connectivity index (χ2n) is 9.61. The number of carboxylic acid groups (broad SMARTS) is 1. The van der Waals surface area contributed by atoms with Crippen LogP contribution in [-0.2, 0) is 9.59 Å². The average molecular weight is 439 g/mol. The molecule has 0 aromatic rings. The zero-order valence-corrected chi connectivity index (χ0v) is 21.1. The van der Waals surface area contributed by atoms with Gasteiger partial charge in [-0.2, -0.15) is 0 Å². The van der Waals surface area contributed by atoms with Gasteiger partial charge in [-0.25, -0.2) is 0 Å². The largest absolute Gasteiger partial charge is 0.481 e. The summed E-state index contributed by atoms with van der Waals surface area (Å²) >= 11 is 0. The van der Waals surface area contributed by atoms with Gasteiger partial charge in [0, 0.05) is 6.42 Å². The molecular formula is C28H54O3. The van der Waals surface area contributed by atoms with E-state index < -0.39 is 11.9 Å². The minimum absolute atomic E-state index is 0.0430. The Balaban J connectivity index is 3.59. The fraction of sp³-hybridized carbons (Fsp3) is 0.929. The Labute approximate surface area is 194 Å². The van der Waals surface area contributed by atoms with E-state index in [9.17, 15) is 14.7 Å². The van der Waals surface area contributed by atoms with Gasteiger partial charge in [0.2, 0.25) is 0 Å². The van der Waals surface area contributed by atoms with Crippen molar-refractivity contribution in [1.29, 1.82) is 0 Å². The quantitative estimate of drug-likeness (QED) is 0.114. The molecular weight excluding hydrogens is 384 g/mol. The third-order valence-electron chi connectivity index (χ3n) is 6.56. The first kappa shape index (κ1) is 30.1. The van der Waals surface area contributed by atoms with Crippen LogP contribution in [0.3, 0.4) is 0 Å². The van der Waals surface area contributed by atoms with Gasteiger partial charge < -0.3 is 5.11 Å². The van der Waals surface area contributed by atoms with E-state index in [0.29, 0.717) is 12.8 Å². The molecule has 1 atom stereocenters. The molecule has 0 amide bonds. The lowest BCUT2D eigenvalue weighted by Crippen LogP contribution is -2.23. The number of carbonyl (C=O) groups excluding carboxylic acids is 1. The average Bonchev–Trinajstić information content (AvgIpc) is 2.75. The highest BCUT2D eigenvalue weighted by Gasteiger charge is 2.24. The van der Waals surface area contributed by atoms with Crippen molar-refractivity contribution in [1.82, 2.24) is 0 Å². The van der Waals surface area contributed by atoms with E-state index in [-0.39, 0.29) is 5.78 Å². The molecule has 0 fully saturated rings. The van der Waals surface area contributed by atoms with Gasteiger partial charge in [0.15, 0.2) is 0 Å². The molecule has 0 bridgehead atoms. The SMILES string of the molecule is CCCCCCCCCCCCCCCC(=O)C(CCCCCCCCCC)C(=O)O. The van der Waals surface area contributed by atoms with Crippen LogP contribution < -0.4 is 0 Å². The maximum absolute atomic E-state index is 12.3. The first-order valence-corrected chi connectivity index (χ1v) is 13.9. The highest BCUT2D eigenvalue weighted by Crippen LogP contribution is 2.18. The van der Waals surface area contributed by atoms with E-state index >= 15 is 0 Å². The summed E-state index contributed by atoms with van der Waals surface area (Å²) < 4.78 is 0. The summed E-state index contributed by atoms with van der Waals surface area (Å²) in [5.41, 5.74) is 0. The van der Waals surface area contributed by atoms with Gasteiger partial charge in [-0.05, 0) is 12.8 Å². The summed E-state index contributed by atoms with van der Waals surface area (Å²) in [4.78, 5) is 23.8. The summed E-state index contributed by atoms with van der Waals surface area (Å²) in [6.45, 7) is 4.49. The Bertz CT molecular complexity index is 405. The van der Waals surface area contributed by atoms with Gasteiger partial charge in [-0.15, -0.1) is 0 Å². The second-order valence-corrected chi connectivity index (χ2v) is 9.61. The molecule has 0 aliphatic rings. The predicted molar refractivity (Wildman–Crippen MR) is 134 cm³/mol. The van der Waals surface area contributed by atoms with Crippen LogP contribution in [0.4, 0.5) is 0 Å². The van der Waals surface area contributed by atoms with Crippen molar-refractivity contribution in [3.05, 3.63) is 0 Å². The van der Waals surface area contributed by atoms with Crippen LogP contribution in [0, 0.1) is 5.92 Å². The second kappa shape index (κ2) is 23.8. The Kier molecular flexibility index (Phi) is 23.1. The number of hydrogen-bond acceptors (Lipinski definition) is 2. The first-order valence-electron chi connectivity index (χ1n) is 13.9. The normalized spacial score (nSPS) is 12.2. The Morgan fingerprint density at radius 2 is 0.839 bits per heavy atom. The van der Waals surface area contributed by atoms with Crippen LogP contribution in [0.2, 0.25) is 0 Å². The van der Waals surface area contributed by atoms with Crippen LogP contribution in [0.25, 0.3) is 0 Å². The smallest absolute Gasteiger partial charge is 0.314 e. The van der Waals surface area contributed by atoms with Gasteiger partial charge in [0.1, 0.15) is 11.7 Å². The van der Waals surface area contributed by atoms with Crippen molar-refractivity contribution < 1.29 is 14.7 Å². The van der Waals surface area contributed by atoms with E-state index in [0.717, 1.165) is 25.7 Å². The standard InChI is InChI=1S/C28H54O3/c1-3-5-7-9-11-13-14-15-16-17-19-21-23-25-27(29)26(28(30)31)24-22-20-18-12-10-8-6-4-2/h26H,3-25H2,1-2H3,(H,30,31). The Hall–Kier alpha value is -0.860. The highest BCUT2D eigenvalue weighted by atomic mass is 16.4. The molecule has 3 heteroatoms. The van der Waals surface area contributed by atoms with Crippen molar-refractivity contribution in [2.75, 3.05) is 0 Å². The van der Waals surface area contributed by atoms with Gasteiger partial charge in [-0.1, -0.05) is 142 Å². The molecule has 3 nitrogen and oxygen atoms in total. The number of ketones is 1. The lowest BCUT2D eigenvalue weighted by molar-refractivity contribution is -0.146. The molecule has 184 valence electrons. The molecule has 0 aliphatic carbocycles. The lowest BCUT2D eigenvalue weighted by Gasteiger charge is -2.11. The number of carbonyl (C=O) groups is 2. The van der Waals surface area contributed by atoms with Crippen LogP contribution in [0.15, 0.2) is 0 Å². The topological polar surface area (TPSA) is 54.4 Å². The fourth-order valence-corrected chi connectivity index (χ4v) is 4.40. The third kappa shape index (κ3) is 20.8. The number of unbranched alkanes of at least 4 members (excludes halogenated alkanes) is 19. The zero-order chi connectivity index (χ0) is 23.0. The molecule has 1 unspecified atom stereocenters. The molecule has 1 N–H and O–H groups in total. The number of carboxylic acids is 1. The summed E-state index contributed by atoms with van der Waals surface area (Å²) in [7, 11) is 0. The first-order chi connectivity index (χ1) is 15.1. The minimum Gasteiger partial charge on any atom is -0.481 e. The Morgan fingerprint density at radius 1 is 0.516 bits per heavy atom. The molecule has 0 saturated heterocycles. The zero-order valence-electron chi connectivity index (χ0n) is 21.1. The maximum Gasteiger partial charge on any atom is 0.314 e. The van der Waals surface area contributed by atoms with Crippen LogP contribution >= 0.6 is 0 Å². The summed E-state index contributed by atoms with van der Waals surface area (Å²) in [5, 5.41) is 9.43. The van der Waals surface area contributed by atoms with E-state index in [1.807, 2.05) is 0 Å². The molecule has 0 heterocycles. The van der Waals surface area contributed by atoms with E-state index in [2.05, 4.69) is 13.8 Å². The number of aliphatic carboxylic acids is 1. The molecule has 0 aromatic carbocycles. The van der Waals surface area contributed by atoms with Crippen LogP contribution in [-0.4, -0.2) is 16.9 Å². The van der Waals surface area contributed by atoms with E-state index in [4.69, 9.17) is 0 Å². The van der Waals surface area contributed by atoms with Crippen LogP contribution in [0.5, 0.6) is 0 Å². The molecule has 0 aromatic heterocycles. The fourth-order valence-electron chi connectivity index (χ4n) is 4.40. The lowest BCUT2D eigenvalue weighted by atomic mass is 9.93. The number of Topliss-reactive ketones (excluding diaryl/α,β-unsaturated/α-hetero) is 1. The number of hydrogen-bond donors (Lipinski definition) is 1. The van der Waals surface area contributed by atoms with Crippen molar-refractivity contribution in [3.63, 3.8) is 0 Å². The summed E-state index contributed by atoms with van der Waals surface area (Å²) in [6, 6.07) is 0. The van der Waals surface area contributed by atoms with Gasteiger partial charge in [0.05, 0.1) is 0 Å². The van der Waals surface area contributed by atoms with Crippen molar-refractivity contribution in [3.8, 4) is 0 Å². The maximum atomic E-state index is 12.3. The molecule has 0 aliphatic heterocycles. The molecule has 0 radical (unpaired) electrons. The van der Waals surface area contributed by atoms with Crippen molar-refractivity contribution in [2.45, 2.75) is 162 Å². The van der Waals surface area contributed by atoms with Crippen molar-refractivity contribution >= 4 is 11.8 Å². The minimum atomic E-state index is -0.914. The van der Waals surface area contributed by atoms with Gasteiger partial charge >= 0.3 is 5.97 Å². The van der Waals surface area contributed by atoms with Gasteiger partial charge in [-0.3, -0.25) is 9.59 Å². The monoisotopic (exact) mass is 438 g/mol. The van der Waals surface area contributed by atoms with Crippen molar-refractivity contribution in [2.24, 2.45) is 5.92 Å². The molecule has 0 spiro atoms. The predicted octanol–water partition coefficient (Wildman–Crippen LogP) is 9.27. The Morgan fingerprint density at radius 3 is 1.19 bits per heavy atom. The van der Waals surface area contributed by atoms with Crippen LogP contribution in [0.1, 0.15) is 162 Å².